The molecule has 0 unspecified atom stereocenters. The largest absolute Gasteiger partial charge is 0.433 e. The van der Waals surface area contributed by atoms with Crippen LogP contribution >= 0.6 is 0 Å². The molecule has 1 saturated carbocycles. The molecular formula is C16H21F3N8. The fraction of sp³-hybridized carbons (Fsp3) is 0.688. The van der Waals surface area contributed by atoms with E-state index >= 15 is 0 Å². The van der Waals surface area contributed by atoms with Crippen molar-refractivity contribution in [2.24, 2.45) is 22.9 Å². The Morgan fingerprint density at radius 1 is 1.22 bits per heavy atom. The first-order valence-corrected chi connectivity index (χ1v) is 9.20. The highest BCUT2D eigenvalue weighted by atomic mass is 19.4. The number of nitrogens with zero attached hydrogens (tertiary/aromatic N) is 5. The van der Waals surface area contributed by atoms with Crippen molar-refractivity contribution < 1.29 is 13.2 Å². The molecule has 1 aliphatic carbocycles. The molecule has 8 nitrogen and oxygen atoms in total. The van der Waals surface area contributed by atoms with Crippen molar-refractivity contribution in [3.8, 4) is 0 Å². The van der Waals surface area contributed by atoms with Crippen LogP contribution in [0.25, 0.3) is 0 Å². The molecule has 3 aliphatic heterocycles. The Labute approximate surface area is 154 Å². The fourth-order valence-corrected chi connectivity index (χ4v) is 4.35. The van der Waals surface area contributed by atoms with Crippen LogP contribution in [0.15, 0.2) is 11.2 Å². The molecule has 11 heteroatoms. The number of halogens is 3. The van der Waals surface area contributed by atoms with Gasteiger partial charge in [-0.25, -0.2) is 10.5 Å². The third kappa shape index (κ3) is 2.93. The second-order valence-electron chi connectivity index (χ2n) is 7.76. The maximum atomic E-state index is 13.3. The number of alkyl halides is 3. The molecule has 4 heterocycles. The normalized spacial score (nSPS) is 31.8. The van der Waals surface area contributed by atoms with Crippen LogP contribution in [0.2, 0.25) is 0 Å². The van der Waals surface area contributed by atoms with Gasteiger partial charge in [-0.2, -0.15) is 18.2 Å². The highest BCUT2D eigenvalue weighted by Crippen LogP contribution is 2.54. The molecule has 27 heavy (non-hydrogen) atoms. The topological polar surface area (TPSA) is 80.7 Å². The van der Waals surface area contributed by atoms with E-state index in [1.807, 2.05) is 16.7 Å². The number of rotatable bonds is 4. The van der Waals surface area contributed by atoms with Crippen molar-refractivity contribution in [3.63, 3.8) is 0 Å². The Bertz CT molecular complexity index is 769. The number of aromatic nitrogens is 2. The quantitative estimate of drug-likeness (QED) is 0.719. The second kappa shape index (κ2) is 5.85. The van der Waals surface area contributed by atoms with E-state index in [2.05, 4.69) is 31.6 Å². The Kier molecular flexibility index (Phi) is 3.65. The van der Waals surface area contributed by atoms with E-state index in [9.17, 15) is 13.2 Å². The van der Waals surface area contributed by atoms with Crippen molar-refractivity contribution in [2.45, 2.75) is 32.0 Å². The van der Waals surface area contributed by atoms with Crippen molar-refractivity contribution in [1.82, 2.24) is 26.5 Å². The highest BCUT2D eigenvalue weighted by Gasteiger charge is 2.56. The number of hydrogen-bond acceptors (Lipinski definition) is 8. The molecule has 3 N–H and O–H groups in total. The van der Waals surface area contributed by atoms with Crippen LogP contribution in [0.1, 0.15) is 25.5 Å². The summed E-state index contributed by atoms with van der Waals surface area (Å²) in [7, 11) is 0. The molecular weight excluding hydrogens is 361 g/mol. The van der Waals surface area contributed by atoms with Crippen LogP contribution in [-0.4, -0.2) is 41.5 Å². The van der Waals surface area contributed by atoms with Gasteiger partial charge in [0.2, 0.25) is 5.95 Å². The van der Waals surface area contributed by atoms with Crippen molar-refractivity contribution in [3.05, 3.63) is 11.8 Å². The summed E-state index contributed by atoms with van der Waals surface area (Å²) in [4.78, 5) is 12.1. The van der Waals surface area contributed by atoms with E-state index in [1.54, 1.807) is 0 Å². The van der Waals surface area contributed by atoms with Gasteiger partial charge in [0.15, 0.2) is 5.69 Å². The van der Waals surface area contributed by atoms with Crippen LogP contribution in [0.3, 0.4) is 0 Å². The predicted octanol–water partition coefficient (Wildman–Crippen LogP) is 1.09. The van der Waals surface area contributed by atoms with Gasteiger partial charge in [0.1, 0.15) is 11.7 Å². The number of hydrazone groups is 1. The standard InChI is InChI=1S/C16H21F3N8/c1-8-2-3-27(8)15-20-12(16(17,18)19)5-14(21-15)26-6-10-9(11(10)7-26)4-13-22-24-25-23-13/h5,8-11,24-25H,2-4,6-7H2,1H3,(H,22,23)/t8-,9-,10-,11+/m0/s1. The second-order valence-corrected chi connectivity index (χ2v) is 7.76. The Morgan fingerprint density at radius 2 is 2.00 bits per heavy atom. The first kappa shape index (κ1) is 16.8. The molecule has 0 radical (unpaired) electrons. The van der Waals surface area contributed by atoms with Crippen molar-refractivity contribution in [1.29, 1.82) is 0 Å². The van der Waals surface area contributed by atoms with Crippen LogP contribution in [0.5, 0.6) is 0 Å². The smallest absolute Gasteiger partial charge is 0.356 e. The minimum absolute atomic E-state index is 0.180. The van der Waals surface area contributed by atoms with Gasteiger partial charge < -0.3 is 9.80 Å². The zero-order valence-electron chi connectivity index (χ0n) is 14.8. The average molecular weight is 382 g/mol. The number of anilines is 2. The molecule has 0 amide bonds. The van der Waals surface area contributed by atoms with Gasteiger partial charge in [-0.15, -0.1) is 10.6 Å². The molecule has 5 rings (SSSR count). The van der Waals surface area contributed by atoms with Gasteiger partial charge in [-0.05, 0) is 31.1 Å². The molecule has 1 aromatic rings. The molecule has 0 aromatic carbocycles. The lowest BCUT2D eigenvalue weighted by atomic mass is 10.1. The minimum Gasteiger partial charge on any atom is -0.356 e. The summed E-state index contributed by atoms with van der Waals surface area (Å²) in [6.07, 6.45) is -2.68. The summed E-state index contributed by atoms with van der Waals surface area (Å²) in [6, 6.07) is 1.27. The van der Waals surface area contributed by atoms with Gasteiger partial charge in [0, 0.05) is 38.2 Å². The predicted molar refractivity (Wildman–Crippen MR) is 92.6 cm³/mol. The van der Waals surface area contributed by atoms with Gasteiger partial charge in [0.25, 0.3) is 0 Å². The SMILES string of the molecule is C[C@H]1CCN1c1nc(N2C[C@@H]3[C@@H](CC4=NNNN4)[C@@H]3C2)cc(C(F)(F)F)n1. The van der Waals surface area contributed by atoms with E-state index in [0.717, 1.165) is 37.8 Å². The van der Waals surface area contributed by atoms with E-state index in [0.29, 0.717) is 30.1 Å². The number of fused-ring (bicyclic) bond motifs is 1. The highest BCUT2D eigenvalue weighted by molar-refractivity contribution is 5.83. The van der Waals surface area contributed by atoms with Crippen LogP contribution in [-0.2, 0) is 6.18 Å². The summed E-state index contributed by atoms with van der Waals surface area (Å²) < 4.78 is 40.0. The van der Waals surface area contributed by atoms with Crippen LogP contribution in [0.4, 0.5) is 24.9 Å². The van der Waals surface area contributed by atoms with Gasteiger partial charge in [0.05, 0.1) is 0 Å². The molecule has 0 bridgehead atoms. The molecule has 4 atom stereocenters. The van der Waals surface area contributed by atoms with E-state index in [1.165, 1.54) is 0 Å². The van der Waals surface area contributed by atoms with Crippen molar-refractivity contribution in [2.75, 3.05) is 29.4 Å². The number of hydrogen-bond donors (Lipinski definition) is 3. The summed E-state index contributed by atoms with van der Waals surface area (Å²) in [5.74, 6) is 2.93. The maximum absolute atomic E-state index is 13.3. The van der Waals surface area contributed by atoms with Crippen LogP contribution in [0, 0.1) is 17.8 Å². The first-order chi connectivity index (χ1) is 12.9. The monoisotopic (exact) mass is 382 g/mol. The van der Waals surface area contributed by atoms with E-state index in [-0.39, 0.29) is 12.0 Å². The summed E-state index contributed by atoms with van der Waals surface area (Å²) in [6.45, 7) is 4.14. The van der Waals surface area contributed by atoms with Gasteiger partial charge in [-0.1, -0.05) is 0 Å². The lowest BCUT2D eigenvalue weighted by Gasteiger charge is -2.39. The molecule has 3 fully saturated rings. The zero-order chi connectivity index (χ0) is 18.8. The Balaban J connectivity index is 1.33. The third-order valence-corrected chi connectivity index (χ3v) is 6.15. The Morgan fingerprint density at radius 3 is 2.56 bits per heavy atom. The maximum Gasteiger partial charge on any atom is 0.433 e. The molecule has 0 spiro atoms. The molecule has 146 valence electrons. The third-order valence-electron chi connectivity index (χ3n) is 6.15. The summed E-state index contributed by atoms with van der Waals surface area (Å²) >= 11 is 0. The number of piperidine rings is 1. The number of nitrogens with one attached hydrogen (secondary N) is 3. The molecule has 1 aromatic heterocycles. The van der Waals surface area contributed by atoms with E-state index < -0.39 is 11.9 Å². The average Bonchev–Trinajstić information content (AvgIpc) is 3.02. The molecule has 4 aliphatic rings. The number of amidine groups is 1. The minimum atomic E-state index is -4.47. The summed E-state index contributed by atoms with van der Waals surface area (Å²) in [5, 5.41) is 4.09. The lowest BCUT2D eigenvalue weighted by Crippen LogP contribution is -2.47. The Hall–Kier alpha value is -2.30. The van der Waals surface area contributed by atoms with E-state index in [4.69, 9.17) is 0 Å². The fourth-order valence-electron chi connectivity index (χ4n) is 4.35. The lowest BCUT2D eigenvalue weighted by molar-refractivity contribution is -0.141. The number of hydrazine groups is 2. The first-order valence-electron chi connectivity index (χ1n) is 9.20. The summed E-state index contributed by atoms with van der Waals surface area (Å²) in [5.41, 5.74) is 7.45. The van der Waals surface area contributed by atoms with Gasteiger partial charge >= 0.3 is 6.18 Å². The van der Waals surface area contributed by atoms with Crippen LogP contribution < -0.4 is 26.3 Å². The van der Waals surface area contributed by atoms with Gasteiger partial charge in [-0.3, -0.25) is 5.43 Å². The zero-order valence-corrected chi connectivity index (χ0v) is 14.8. The van der Waals surface area contributed by atoms with Crippen molar-refractivity contribution >= 4 is 17.6 Å². The molecule has 2 saturated heterocycles.